The predicted octanol–water partition coefficient (Wildman–Crippen LogP) is 4.25. The molecule has 2 N–H and O–H groups in total. The normalized spacial score (nSPS) is 18.8. The summed E-state index contributed by atoms with van der Waals surface area (Å²) in [5, 5.41) is 10.9. The minimum absolute atomic E-state index is 0.135. The van der Waals surface area contributed by atoms with Crippen LogP contribution in [0.4, 0.5) is 0 Å². The maximum Gasteiger partial charge on any atom is 0.254 e. The summed E-state index contributed by atoms with van der Waals surface area (Å²) in [6, 6.07) is 6.64. The van der Waals surface area contributed by atoms with E-state index in [0.29, 0.717) is 50.0 Å². The molecule has 0 bridgehead atoms. The van der Waals surface area contributed by atoms with Gasteiger partial charge in [-0.25, -0.2) is 4.99 Å². The molecule has 1 aromatic rings. The number of nitriles is 1. The minimum Gasteiger partial charge on any atom is -0.383 e. The van der Waals surface area contributed by atoms with Crippen LogP contribution in [0.1, 0.15) is 32.4 Å². The quantitative estimate of drug-likeness (QED) is 0.763. The van der Waals surface area contributed by atoms with Crippen LogP contribution >= 0.6 is 35.0 Å². The Hall–Kier alpha value is -2.14. The summed E-state index contributed by atoms with van der Waals surface area (Å²) in [7, 11) is 0. The molecule has 3 rings (SSSR count). The van der Waals surface area contributed by atoms with Gasteiger partial charge in [-0.3, -0.25) is 9.69 Å². The summed E-state index contributed by atoms with van der Waals surface area (Å²) in [6.07, 6.45) is 0. The van der Waals surface area contributed by atoms with Crippen LogP contribution in [0.15, 0.2) is 45.2 Å². The van der Waals surface area contributed by atoms with Crippen molar-refractivity contribution in [2.24, 2.45) is 10.7 Å². The van der Waals surface area contributed by atoms with Crippen LogP contribution in [0.3, 0.4) is 0 Å². The molecule has 0 spiro atoms. The highest BCUT2D eigenvalue weighted by atomic mass is 35.5. The number of hydrogen-bond donors (Lipinski definition) is 1. The average molecular weight is 436 g/mol. The van der Waals surface area contributed by atoms with Crippen LogP contribution in [0.5, 0.6) is 0 Å². The third kappa shape index (κ3) is 3.37. The number of likely N-dealkylation sites (N-methyl/N-ethyl adjacent to an activating group) is 1. The van der Waals surface area contributed by atoms with Crippen LogP contribution in [-0.2, 0) is 4.79 Å². The van der Waals surface area contributed by atoms with Gasteiger partial charge in [-0.1, -0.05) is 29.3 Å². The molecule has 0 unspecified atom stereocenters. The van der Waals surface area contributed by atoms with E-state index in [1.807, 2.05) is 13.8 Å². The van der Waals surface area contributed by atoms with E-state index in [1.54, 1.807) is 34.9 Å². The van der Waals surface area contributed by atoms with Crippen molar-refractivity contribution in [3.05, 3.63) is 55.8 Å². The molecule has 9 heteroatoms. The number of amidine groups is 1. The SMILES string of the molecule is CCN(CC)C(=O)C1=C(C)N=C2SC(C#N)=C(N)N2[C@@H]1c1ccc(Cl)cc1Cl. The molecule has 2 aliphatic heterocycles. The van der Waals surface area contributed by atoms with Crippen molar-refractivity contribution in [1.82, 2.24) is 9.80 Å². The lowest BCUT2D eigenvalue weighted by atomic mass is 9.93. The third-order valence-electron chi connectivity index (χ3n) is 4.72. The van der Waals surface area contributed by atoms with Crippen LogP contribution in [0.25, 0.3) is 0 Å². The maximum atomic E-state index is 13.4. The Morgan fingerprint density at radius 2 is 2.07 bits per heavy atom. The number of rotatable bonds is 4. The molecule has 2 heterocycles. The molecule has 146 valence electrons. The van der Waals surface area contributed by atoms with Gasteiger partial charge >= 0.3 is 0 Å². The van der Waals surface area contributed by atoms with Crippen LogP contribution in [0.2, 0.25) is 10.0 Å². The summed E-state index contributed by atoms with van der Waals surface area (Å²) in [5.74, 6) is 0.129. The lowest BCUT2D eigenvalue weighted by Crippen LogP contribution is -2.42. The van der Waals surface area contributed by atoms with E-state index in [4.69, 9.17) is 28.9 Å². The van der Waals surface area contributed by atoms with Gasteiger partial charge in [0, 0.05) is 23.1 Å². The van der Waals surface area contributed by atoms with E-state index < -0.39 is 6.04 Å². The molecule has 0 saturated heterocycles. The highest BCUT2D eigenvalue weighted by Gasteiger charge is 2.43. The van der Waals surface area contributed by atoms with Crippen molar-refractivity contribution in [2.45, 2.75) is 26.8 Å². The topological polar surface area (TPSA) is 85.7 Å². The third-order valence-corrected chi connectivity index (χ3v) is 6.25. The molecule has 6 nitrogen and oxygen atoms in total. The van der Waals surface area contributed by atoms with Gasteiger partial charge < -0.3 is 10.6 Å². The number of hydrogen-bond acceptors (Lipinski definition) is 6. The number of amides is 1. The number of aliphatic imine (C=N–C) groups is 1. The molecular formula is C19H19Cl2N5OS. The van der Waals surface area contributed by atoms with Gasteiger partial charge in [0.15, 0.2) is 5.17 Å². The molecule has 0 saturated carbocycles. The predicted molar refractivity (Wildman–Crippen MR) is 114 cm³/mol. The number of fused-ring (bicyclic) bond motifs is 1. The Kier molecular flexibility index (Phi) is 5.94. The Bertz CT molecular complexity index is 975. The van der Waals surface area contributed by atoms with Gasteiger partial charge in [-0.2, -0.15) is 5.26 Å². The van der Waals surface area contributed by atoms with E-state index >= 15 is 0 Å². The number of allylic oxidation sites excluding steroid dienone is 2. The first kappa shape index (κ1) is 20.6. The van der Waals surface area contributed by atoms with Crippen molar-refractivity contribution < 1.29 is 4.79 Å². The Morgan fingerprint density at radius 1 is 1.39 bits per heavy atom. The Labute approximate surface area is 178 Å². The zero-order chi connectivity index (χ0) is 20.6. The number of benzene rings is 1. The average Bonchev–Trinajstić information content (AvgIpc) is 2.97. The molecule has 0 radical (unpaired) electrons. The molecule has 1 amide bonds. The lowest BCUT2D eigenvalue weighted by molar-refractivity contribution is -0.127. The van der Waals surface area contributed by atoms with Gasteiger partial charge in [0.2, 0.25) is 0 Å². The monoisotopic (exact) mass is 435 g/mol. The van der Waals surface area contributed by atoms with E-state index in [1.165, 1.54) is 11.8 Å². The summed E-state index contributed by atoms with van der Waals surface area (Å²) in [6.45, 7) is 6.76. The van der Waals surface area contributed by atoms with Gasteiger partial charge in [-0.05, 0) is 50.2 Å². The molecule has 0 aromatic heterocycles. The largest absolute Gasteiger partial charge is 0.383 e. The number of nitrogens with zero attached hydrogens (tertiary/aromatic N) is 4. The smallest absolute Gasteiger partial charge is 0.254 e. The first-order chi connectivity index (χ1) is 13.3. The summed E-state index contributed by atoms with van der Waals surface area (Å²) >= 11 is 13.8. The fourth-order valence-electron chi connectivity index (χ4n) is 3.31. The van der Waals surface area contributed by atoms with Gasteiger partial charge in [-0.15, -0.1) is 0 Å². The number of carbonyl (C=O) groups is 1. The molecule has 0 aliphatic carbocycles. The zero-order valence-corrected chi connectivity index (χ0v) is 18.0. The van der Waals surface area contributed by atoms with Crippen molar-refractivity contribution >= 4 is 46.0 Å². The lowest BCUT2D eigenvalue weighted by Gasteiger charge is -2.37. The highest BCUT2D eigenvalue weighted by molar-refractivity contribution is 8.17. The van der Waals surface area contributed by atoms with Gasteiger partial charge in [0.25, 0.3) is 5.91 Å². The van der Waals surface area contributed by atoms with Crippen LogP contribution in [0, 0.1) is 11.3 Å². The fraction of sp³-hybridized carbons (Fsp3) is 0.316. The van der Waals surface area contributed by atoms with Crippen molar-refractivity contribution in [3.63, 3.8) is 0 Å². The van der Waals surface area contributed by atoms with E-state index in [2.05, 4.69) is 11.1 Å². The second-order valence-corrected chi connectivity index (χ2v) is 8.06. The molecule has 1 aromatic carbocycles. The molecule has 1 atom stereocenters. The second-order valence-electron chi connectivity index (χ2n) is 6.24. The molecule has 28 heavy (non-hydrogen) atoms. The molecular weight excluding hydrogens is 417 g/mol. The summed E-state index contributed by atoms with van der Waals surface area (Å²) in [5.41, 5.74) is 8.01. The summed E-state index contributed by atoms with van der Waals surface area (Å²) in [4.78, 5) is 21.7. The zero-order valence-electron chi connectivity index (χ0n) is 15.7. The number of carbonyl (C=O) groups excluding carboxylic acids is 1. The van der Waals surface area contributed by atoms with E-state index in [-0.39, 0.29) is 11.7 Å². The highest BCUT2D eigenvalue weighted by Crippen LogP contribution is 2.47. The molecule has 2 aliphatic rings. The van der Waals surface area contributed by atoms with Gasteiger partial charge in [0.1, 0.15) is 16.8 Å². The van der Waals surface area contributed by atoms with Crippen LogP contribution in [-0.4, -0.2) is 34.0 Å². The number of thioether (sulfide) groups is 1. The van der Waals surface area contributed by atoms with Crippen molar-refractivity contribution in [3.8, 4) is 6.07 Å². The van der Waals surface area contributed by atoms with E-state index in [9.17, 15) is 10.1 Å². The maximum absolute atomic E-state index is 13.4. The van der Waals surface area contributed by atoms with Crippen molar-refractivity contribution in [1.29, 1.82) is 5.26 Å². The standard InChI is InChI=1S/C19H19Cl2N5OS/c1-4-25(5-2)18(27)15-10(3)24-19-26(17(23)14(9-22)28-19)16(15)12-7-6-11(20)8-13(12)21/h6-8,16H,4-5,23H2,1-3H3/t16-/m1/s1. The number of nitrogens with two attached hydrogens (primary N) is 1. The van der Waals surface area contributed by atoms with Crippen molar-refractivity contribution in [2.75, 3.05) is 13.1 Å². The van der Waals surface area contributed by atoms with E-state index in [0.717, 1.165) is 0 Å². The second kappa shape index (κ2) is 8.08. The first-order valence-electron chi connectivity index (χ1n) is 8.74. The molecule has 0 fully saturated rings. The number of halogens is 2. The Morgan fingerprint density at radius 3 is 2.64 bits per heavy atom. The first-order valence-corrected chi connectivity index (χ1v) is 10.3. The Balaban J connectivity index is 2.24. The fourth-order valence-corrected chi connectivity index (χ4v) is 4.74. The van der Waals surface area contributed by atoms with Gasteiger partial charge in [0.05, 0.1) is 17.3 Å². The minimum atomic E-state index is -0.594. The summed E-state index contributed by atoms with van der Waals surface area (Å²) < 4.78 is 0. The van der Waals surface area contributed by atoms with Crippen LogP contribution < -0.4 is 5.73 Å².